The molecule has 0 spiro atoms. The summed E-state index contributed by atoms with van der Waals surface area (Å²) >= 11 is 0. The average Bonchev–Trinajstić information content (AvgIpc) is 2.78. The molecular weight excluding hydrogens is 382 g/mol. The monoisotopic (exact) mass is 409 g/mol. The number of anilines is 1. The number of morpholine rings is 1. The Morgan fingerprint density at radius 1 is 1.00 bits per heavy atom. The number of nitrogens with zero attached hydrogens (tertiary/aromatic N) is 1. The van der Waals surface area contributed by atoms with Crippen LogP contribution in [0, 0.1) is 6.92 Å². The maximum absolute atomic E-state index is 12.9. The first-order valence-corrected chi connectivity index (χ1v) is 10.1. The maximum Gasteiger partial charge on any atom is 0.255 e. The molecule has 158 valence electrons. The van der Waals surface area contributed by atoms with Crippen molar-refractivity contribution < 1.29 is 19.1 Å². The molecule has 1 aliphatic heterocycles. The third-order valence-corrected chi connectivity index (χ3v) is 5.07. The Balaban J connectivity index is 1.72. The fourth-order valence-corrected chi connectivity index (χ4v) is 3.27. The molecule has 1 atom stereocenters. The standard InChI is InChI=1S/C23H27N3O4/c1-3-19(23(29)26-12-14-30-15-13-26)24-22(28)18-6-4-5-7-20(18)25-21(27)17-10-8-16(2)9-11-17/h4-11,19H,3,12-15H2,1-2H3,(H,24,28)(H,25,27)/t19-/m0/s1. The molecule has 30 heavy (non-hydrogen) atoms. The second kappa shape index (κ2) is 10.0. The first-order valence-electron chi connectivity index (χ1n) is 10.1. The van der Waals surface area contributed by atoms with Gasteiger partial charge in [-0.1, -0.05) is 36.8 Å². The Morgan fingerprint density at radius 3 is 2.33 bits per heavy atom. The van der Waals surface area contributed by atoms with Gasteiger partial charge in [0.2, 0.25) is 5.91 Å². The summed E-state index contributed by atoms with van der Waals surface area (Å²) in [5, 5.41) is 5.62. The first-order chi connectivity index (χ1) is 14.5. The summed E-state index contributed by atoms with van der Waals surface area (Å²) in [6, 6.07) is 13.3. The SMILES string of the molecule is CC[C@H](NC(=O)c1ccccc1NC(=O)c1ccc(C)cc1)C(=O)N1CCOCC1. The predicted molar refractivity (Wildman–Crippen MR) is 115 cm³/mol. The van der Waals surface area contributed by atoms with Gasteiger partial charge in [-0.3, -0.25) is 14.4 Å². The zero-order valence-electron chi connectivity index (χ0n) is 17.3. The van der Waals surface area contributed by atoms with Crippen molar-refractivity contribution in [3.8, 4) is 0 Å². The van der Waals surface area contributed by atoms with Crippen LogP contribution < -0.4 is 10.6 Å². The van der Waals surface area contributed by atoms with Crippen molar-refractivity contribution in [3.05, 3.63) is 65.2 Å². The van der Waals surface area contributed by atoms with E-state index in [4.69, 9.17) is 4.74 Å². The van der Waals surface area contributed by atoms with Gasteiger partial charge in [0.05, 0.1) is 24.5 Å². The number of para-hydroxylation sites is 1. The van der Waals surface area contributed by atoms with E-state index < -0.39 is 11.9 Å². The van der Waals surface area contributed by atoms with E-state index >= 15 is 0 Å². The van der Waals surface area contributed by atoms with E-state index in [0.717, 1.165) is 5.56 Å². The Hall–Kier alpha value is -3.19. The number of carbonyl (C=O) groups excluding carboxylic acids is 3. The summed E-state index contributed by atoms with van der Waals surface area (Å²) in [6.45, 7) is 5.86. The van der Waals surface area contributed by atoms with E-state index in [1.165, 1.54) is 0 Å². The number of hydrogen-bond acceptors (Lipinski definition) is 4. The number of ether oxygens (including phenoxy) is 1. The molecule has 7 nitrogen and oxygen atoms in total. The third-order valence-electron chi connectivity index (χ3n) is 5.07. The van der Waals surface area contributed by atoms with E-state index in [1.54, 1.807) is 41.3 Å². The van der Waals surface area contributed by atoms with Crippen molar-refractivity contribution in [1.29, 1.82) is 0 Å². The second-order valence-corrected chi connectivity index (χ2v) is 7.24. The highest BCUT2D eigenvalue weighted by Crippen LogP contribution is 2.17. The second-order valence-electron chi connectivity index (χ2n) is 7.24. The van der Waals surface area contributed by atoms with Gasteiger partial charge in [0.25, 0.3) is 11.8 Å². The number of carbonyl (C=O) groups is 3. The lowest BCUT2D eigenvalue weighted by atomic mass is 10.1. The van der Waals surface area contributed by atoms with Gasteiger partial charge in [0.1, 0.15) is 6.04 Å². The smallest absolute Gasteiger partial charge is 0.255 e. The molecule has 0 saturated carbocycles. The highest BCUT2D eigenvalue weighted by atomic mass is 16.5. The Bertz CT molecular complexity index is 905. The molecule has 0 aliphatic carbocycles. The summed E-state index contributed by atoms with van der Waals surface area (Å²) in [6.07, 6.45) is 0.472. The number of nitrogens with one attached hydrogen (secondary N) is 2. The normalized spacial score (nSPS) is 14.7. The van der Waals surface area contributed by atoms with E-state index in [2.05, 4.69) is 10.6 Å². The molecule has 1 saturated heterocycles. The van der Waals surface area contributed by atoms with Crippen LogP contribution in [0.3, 0.4) is 0 Å². The maximum atomic E-state index is 12.9. The van der Waals surface area contributed by atoms with Crippen molar-refractivity contribution in [3.63, 3.8) is 0 Å². The minimum Gasteiger partial charge on any atom is -0.378 e. The minimum absolute atomic E-state index is 0.115. The van der Waals surface area contributed by atoms with Crippen LogP contribution in [0.5, 0.6) is 0 Å². The quantitative estimate of drug-likeness (QED) is 0.768. The number of amides is 3. The Labute approximate surface area is 176 Å². The van der Waals surface area contributed by atoms with Gasteiger partial charge in [-0.15, -0.1) is 0 Å². The Kier molecular flexibility index (Phi) is 7.19. The summed E-state index contributed by atoms with van der Waals surface area (Å²) in [5.74, 6) is -0.815. The summed E-state index contributed by atoms with van der Waals surface area (Å²) in [7, 11) is 0. The van der Waals surface area contributed by atoms with Gasteiger partial charge in [-0.05, 0) is 37.6 Å². The zero-order valence-corrected chi connectivity index (χ0v) is 17.3. The molecule has 0 bridgehead atoms. The lowest BCUT2D eigenvalue weighted by Crippen LogP contribution is -2.51. The third kappa shape index (κ3) is 5.24. The fourth-order valence-electron chi connectivity index (χ4n) is 3.27. The summed E-state index contributed by atoms with van der Waals surface area (Å²) < 4.78 is 5.29. The lowest BCUT2D eigenvalue weighted by Gasteiger charge is -2.30. The van der Waals surface area contributed by atoms with Crippen molar-refractivity contribution in [2.75, 3.05) is 31.6 Å². The van der Waals surface area contributed by atoms with Gasteiger partial charge in [0, 0.05) is 18.7 Å². The van der Waals surface area contributed by atoms with Crippen LogP contribution in [0.1, 0.15) is 39.6 Å². The van der Waals surface area contributed by atoms with E-state index in [9.17, 15) is 14.4 Å². The number of hydrogen-bond donors (Lipinski definition) is 2. The van der Waals surface area contributed by atoms with Crippen LogP contribution in [-0.4, -0.2) is 55.0 Å². The van der Waals surface area contributed by atoms with Crippen LogP contribution in [0.15, 0.2) is 48.5 Å². The van der Waals surface area contributed by atoms with Crippen LogP contribution in [0.2, 0.25) is 0 Å². The molecule has 3 rings (SSSR count). The molecule has 2 N–H and O–H groups in total. The van der Waals surface area contributed by atoms with Crippen molar-refractivity contribution in [2.45, 2.75) is 26.3 Å². The van der Waals surface area contributed by atoms with Gasteiger partial charge >= 0.3 is 0 Å². The molecule has 1 heterocycles. The molecule has 0 unspecified atom stereocenters. The molecule has 1 aliphatic rings. The fraction of sp³-hybridized carbons (Fsp3) is 0.348. The molecule has 0 radical (unpaired) electrons. The first kappa shape index (κ1) is 21.5. The van der Waals surface area contributed by atoms with Gasteiger partial charge in [-0.25, -0.2) is 0 Å². The average molecular weight is 409 g/mol. The molecule has 3 amide bonds. The topological polar surface area (TPSA) is 87.7 Å². The van der Waals surface area contributed by atoms with E-state index in [-0.39, 0.29) is 11.8 Å². The van der Waals surface area contributed by atoms with Crippen LogP contribution in [-0.2, 0) is 9.53 Å². The summed E-state index contributed by atoms with van der Waals surface area (Å²) in [5.41, 5.74) is 2.27. The number of rotatable bonds is 6. The molecule has 2 aromatic rings. The highest BCUT2D eigenvalue weighted by Gasteiger charge is 2.27. The van der Waals surface area contributed by atoms with Gasteiger partial charge in [-0.2, -0.15) is 0 Å². The largest absolute Gasteiger partial charge is 0.378 e. The van der Waals surface area contributed by atoms with Crippen molar-refractivity contribution >= 4 is 23.4 Å². The molecule has 1 fully saturated rings. The lowest BCUT2D eigenvalue weighted by molar-refractivity contribution is -0.137. The van der Waals surface area contributed by atoms with E-state index in [1.807, 2.05) is 26.0 Å². The van der Waals surface area contributed by atoms with Gasteiger partial charge in [0.15, 0.2) is 0 Å². The molecule has 7 heteroatoms. The predicted octanol–water partition coefficient (Wildman–Crippen LogP) is 2.61. The van der Waals surface area contributed by atoms with Crippen LogP contribution >= 0.6 is 0 Å². The van der Waals surface area contributed by atoms with E-state index in [0.29, 0.717) is 49.5 Å². The van der Waals surface area contributed by atoms with Crippen molar-refractivity contribution in [2.24, 2.45) is 0 Å². The van der Waals surface area contributed by atoms with Crippen LogP contribution in [0.4, 0.5) is 5.69 Å². The summed E-state index contributed by atoms with van der Waals surface area (Å²) in [4.78, 5) is 40.0. The Morgan fingerprint density at radius 2 is 1.67 bits per heavy atom. The highest BCUT2D eigenvalue weighted by molar-refractivity contribution is 6.09. The minimum atomic E-state index is -0.628. The number of benzene rings is 2. The van der Waals surface area contributed by atoms with Crippen molar-refractivity contribution in [1.82, 2.24) is 10.2 Å². The zero-order chi connectivity index (χ0) is 21.5. The van der Waals surface area contributed by atoms with Gasteiger partial charge < -0.3 is 20.3 Å². The molecule has 2 aromatic carbocycles. The number of aryl methyl sites for hydroxylation is 1. The van der Waals surface area contributed by atoms with Crippen LogP contribution in [0.25, 0.3) is 0 Å². The molecular formula is C23H27N3O4. The molecule has 0 aromatic heterocycles.